The van der Waals surface area contributed by atoms with E-state index in [-0.39, 0.29) is 23.7 Å². The fourth-order valence-corrected chi connectivity index (χ4v) is 4.70. The van der Waals surface area contributed by atoms with Crippen LogP contribution in [0, 0.1) is 6.92 Å². The molecule has 10 heteroatoms. The van der Waals surface area contributed by atoms with Crippen LogP contribution in [0.3, 0.4) is 0 Å². The molecule has 1 amide bonds. The van der Waals surface area contributed by atoms with Gasteiger partial charge in [0, 0.05) is 18.8 Å². The number of amides is 1. The third-order valence-corrected chi connectivity index (χ3v) is 6.50. The fourth-order valence-electron chi connectivity index (χ4n) is 3.13. The molecule has 0 saturated carbocycles. The van der Waals surface area contributed by atoms with Gasteiger partial charge >= 0.3 is 0 Å². The molecule has 29 heavy (non-hydrogen) atoms. The summed E-state index contributed by atoms with van der Waals surface area (Å²) in [5.74, 6) is 0.248. The van der Waals surface area contributed by atoms with E-state index < -0.39 is 15.9 Å². The highest BCUT2D eigenvalue weighted by molar-refractivity contribution is 7.89. The number of hydrogen-bond donors (Lipinski definition) is 1. The normalized spacial score (nSPS) is 15.3. The van der Waals surface area contributed by atoms with Crippen LogP contribution >= 0.6 is 0 Å². The molecule has 1 aliphatic rings. The van der Waals surface area contributed by atoms with Crippen LogP contribution < -0.4 is 10.1 Å². The van der Waals surface area contributed by atoms with Crippen LogP contribution in [-0.2, 0) is 21.2 Å². The van der Waals surface area contributed by atoms with E-state index in [9.17, 15) is 13.2 Å². The van der Waals surface area contributed by atoms with Gasteiger partial charge in [-0.1, -0.05) is 12.1 Å². The second-order valence-corrected chi connectivity index (χ2v) is 8.39. The van der Waals surface area contributed by atoms with Crippen molar-refractivity contribution in [3.63, 3.8) is 0 Å². The quantitative estimate of drug-likeness (QED) is 0.727. The van der Waals surface area contributed by atoms with Crippen molar-refractivity contribution in [3.05, 3.63) is 35.2 Å². The van der Waals surface area contributed by atoms with Gasteiger partial charge < -0.3 is 19.3 Å². The molecule has 3 rings (SSSR count). The molecule has 0 atom stereocenters. The molecule has 0 spiro atoms. The molecule has 1 fully saturated rings. The predicted molar refractivity (Wildman–Crippen MR) is 106 cm³/mol. The van der Waals surface area contributed by atoms with Crippen LogP contribution in [0.1, 0.15) is 35.7 Å². The first-order chi connectivity index (χ1) is 13.9. The summed E-state index contributed by atoms with van der Waals surface area (Å²) < 4.78 is 43.6. The van der Waals surface area contributed by atoms with Crippen molar-refractivity contribution in [2.24, 2.45) is 0 Å². The van der Waals surface area contributed by atoms with Crippen LogP contribution in [0.4, 0.5) is 5.69 Å². The van der Waals surface area contributed by atoms with Gasteiger partial charge in [-0.15, -0.1) is 0 Å². The fraction of sp³-hybridized carbons (Fsp3) is 0.474. The maximum absolute atomic E-state index is 13.2. The Kier molecular flexibility index (Phi) is 6.56. The average molecular weight is 423 g/mol. The topological polar surface area (TPSA) is 111 Å². The number of benzene rings is 1. The van der Waals surface area contributed by atoms with Crippen LogP contribution in [0.25, 0.3) is 0 Å². The standard InChI is InChI=1S/C19H25N3O6S/c1-4-15-18(13(3)28-21-15)19(23)20-14-6-7-16(27-5-2)17(12-14)29(24,25)22-8-10-26-11-9-22/h6-7,12H,4-5,8-11H2,1-3H3,(H,20,23). The number of carbonyl (C=O) groups excluding carboxylic acids is 1. The number of nitrogens with zero attached hydrogens (tertiary/aromatic N) is 2. The van der Waals surface area contributed by atoms with Gasteiger partial charge in [0.25, 0.3) is 5.91 Å². The molecule has 0 unspecified atom stereocenters. The SMILES string of the molecule is CCOc1ccc(NC(=O)c2c(CC)noc2C)cc1S(=O)(=O)N1CCOCC1. The van der Waals surface area contributed by atoms with E-state index in [0.29, 0.717) is 48.9 Å². The number of aryl methyl sites for hydroxylation is 2. The molecule has 1 aromatic carbocycles. The Morgan fingerprint density at radius 3 is 2.66 bits per heavy atom. The molecule has 2 heterocycles. The summed E-state index contributed by atoms with van der Waals surface area (Å²) in [6, 6.07) is 4.57. The van der Waals surface area contributed by atoms with Gasteiger partial charge in [0.1, 0.15) is 22.0 Å². The van der Waals surface area contributed by atoms with E-state index in [2.05, 4.69) is 10.5 Å². The highest BCUT2D eigenvalue weighted by Gasteiger charge is 2.30. The molecule has 9 nitrogen and oxygen atoms in total. The summed E-state index contributed by atoms with van der Waals surface area (Å²) in [5.41, 5.74) is 1.25. The minimum Gasteiger partial charge on any atom is -0.492 e. The molecule has 1 aliphatic heterocycles. The highest BCUT2D eigenvalue weighted by atomic mass is 32.2. The summed E-state index contributed by atoms with van der Waals surface area (Å²) in [4.78, 5) is 12.7. The third-order valence-electron chi connectivity index (χ3n) is 4.58. The third kappa shape index (κ3) is 4.44. The molecule has 1 saturated heterocycles. The summed E-state index contributed by atoms with van der Waals surface area (Å²) in [5, 5.41) is 6.63. The van der Waals surface area contributed by atoms with Crippen LogP contribution in [-0.4, -0.2) is 56.7 Å². The molecule has 0 bridgehead atoms. The van der Waals surface area contributed by atoms with Gasteiger partial charge in [0.2, 0.25) is 10.0 Å². The van der Waals surface area contributed by atoms with Crippen molar-refractivity contribution in [1.29, 1.82) is 0 Å². The lowest BCUT2D eigenvalue weighted by Crippen LogP contribution is -2.40. The largest absolute Gasteiger partial charge is 0.492 e. The zero-order chi connectivity index (χ0) is 21.0. The van der Waals surface area contributed by atoms with Gasteiger partial charge in [-0.05, 0) is 38.5 Å². The monoisotopic (exact) mass is 423 g/mol. The van der Waals surface area contributed by atoms with Crippen molar-refractivity contribution in [1.82, 2.24) is 9.46 Å². The van der Waals surface area contributed by atoms with Gasteiger partial charge in [-0.25, -0.2) is 8.42 Å². The first kappa shape index (κ1) is 21.3. The maximum atomic E-state index is 13.2. The van der Waals surface area contributed by atoms with E-state index in [0.717, 1.165) is 0 Å². The average Bonchev–Trinajstić information content (AvgIpc) is 3.10. The Balaban J connectivity index is 1.94. The van der Waals surface area contributed by atoms with E-state index in [4.69, 9.17) is 14.0 Å². The van der Waals surface area contributed by atoms with Crippen LogP contribution in [0.15, 0.2) is 27.6 Å². The first-order valence-corrected chi connectivity index (χ1v) is 10.9. The number of hydrogen-bond acceptors (Lipinski definition) is 7. The van der Waals surface area contributed by atoms with E-state index in [1.807, 2.05) is 6.92 Å². The Morgan fingerprint density at radius 1 is 1.28 bits per heavy atom. The number of aromatic nitrogens is 1. The lowest BCUT2D eigenvalue weighted by Gasteiger charge is -2.27. The van der Waals surface area contributed by atoms with Gasteiger partial charge in [0.15, 0.2) is 0 Å². The number of sulfonamides is 1. The summed E-state index contributed by atoms with van der Waals surface area (Å²) >= 11 is 0. The van der Waals surface area contributed by atoms with Gasteiger partial charge in [0.05, 0.1) is 25.5 Å². The lowest BCUT2D eigenvalue weighted by molar-refractivity contribution is 0.0729. The van der Waals surface area contributed by atoms with Crippen molar-refractivity contribution >= 4 is 21.6 Å². The molecule has 1 aromatic heterocycles. The maximum Gasteiger partial charge on any atom is 0.261 e. The molecule has 158 valence electrons. The number of anilines is 1. The molecular weight excluding hydrogens is 398 g/mol. The minimum atomic E-state index is -3.80. The molecule has 1 N–H and O–H groups in total. The Bertz CT molecular complexity index is 980. The molecule has 0 aliphatic carbocycles. The Labute approximate surface area is 170 Å². The number of morpholine rings is 1. The van der Waals surface area contributed by atoms with Crippen LogP contribution in [0.2, 0.25) is 0 Å². The zero-order valence-electron chi connectivity index (χ0n) is 16.7. The minimum absolute atomic E-state index is 0.0109. The molecule has 0 radical (unpaired) electrons. The second kappa shape index (κ2) is 8.93. The first-order valence-electron chi connectivity index (χ1n) is 9.49. The Hall–Kier alpha value is -2.43. The smallest absolute Gasteiger partial charge is 0.261 e. The highest BCUT2D eigenvalue weighted by Crippen LogP contribution is 2.31. The Morgan fingerprint density at radius 2 is 2.00 bits per heavy atom. The molecule has 2 aromatic rings. The summed E-state index contributed by atoms with van der Waals surface area (Å²) in [7, 11) is -3.80. The predicted octanol–water partition coefficient (Wildman–Crippen LogP) is 2.22. The zero-order valence-corrected chi connectivity index (χ0v) is 17.5. The van der Waals surface area contributed by atoms with Crippen molar-refractivity contribution in [3.8, 4) is 5.75 Å². The van der Waals surface area contributed by atoms with E-state index >= 15 is 0 Å². The van der Waals surface area contributed by atoms with E-state index in [1.165, 1.54) is 10.4 Å². The second-order valence-electron chi connectivity index (χ2n) is 6.48. The molecular formula is C19H25N3O6S. The van der Waals surface area contributed by atoms with Crippen LogP contribution in [0.5, 0.6) is 5.75 Å². The number of rotatable bonds is 7. The van der Waals surface area contributed by atoms with Crippen molar-refractivity contribution in [2.75, 3.05) is 38.2 Å². The van der Waals surface area contributed by atoms with Gasteiger partial charge in [-0.2, -0.15) is 4.31 Å². The lowest BCUT2D eigenvalue weighted by atomic mass is 10.1. The number of carbonyl (C=O) groups is 1. The summed E-state index contributed by atoms with van der Waals surface area (Å²) in [6.45, 7) is 6.84. The number of ether oxygens (including phenoxy) is 2. The van der Waals surface area contributed by atoms with E-state index in [1.54, 1.807) is 26.0 Å². The number of nitrogens with one attached hydrogen (secondary N) is 1. The summed E-state index contributed by atoms with van der Waals surface area (Å²) in [6.07, 6.45) is 0.542. The van der Waals surface area contributed by atoms with Crippen molar-refractivity contribution < 1.29 is 27.2 Å². The van der Waals surface area contributed by atoms with Crippen molar-refractivity contribution in [2.45, 2.75) is 32.1 Å². The van der Waals surface area contributed by atoms with Gasteiger partial charge in [-0.3, -0.25) is 4.79 Å².